The van der Waals surface area contributed by atoms with Crippen molar-refractivity contribution in [2.24, 2.45) is 0 Å². The van der Waals surface area contributed by atoms with E-state index >= 15 is 0 Å². The molecular weight excluding hydrogens is 538 g/mol. The van der Waals surface area contributed by atoms with E-state index in [0.29, 0.717) is 24.2 Å². The molecule has 0 aliphatic heterocycles. The fourth-order valence-corrected chi connectivity index (χ4v) is 4.31. The Morgan fingerprint density at radius 2 is 1.70 bits per heavy atom. The lowest BCUT2D eigenvalue weighted by molar-refractivity contribution is -0.138. The van der Waals surface area contributed by atoms with E-state index in [0.717, 1.165) is 53.3 Å². The van der Waals surface area contributed by atoms with Crippen molar-refractivity contribution in [3.63, 3.8) is 0 Å². The number of amides is 1. The maximum atomic E-state index is 12.2. The molecule has 0 spiro atoms. The van der Waals surface area contributed by atoms with Crippen LogP contribution in [0.4, 0.5) is 0 Å². The zero-order chi connectivity index (χ0) is 27.2. The quantitative estimate of drug-likeness (QED) is 0.227. The van der Waals surface area contributed by atoms with Crippen molar-refractivity contribution in [2.45, 2.75) is 57.8 Å². The Hall–Kier alpha value is -3.31. The molecule has 0 saturated heterocycles. The van der Waals surface area contributed by atoms with Gasteiger partial charge in [0, 0.05) is 49.0 Å². The van der Waals surface area contributed by atoms with Crippen LogP contribution >= 0.6 is 15.9 Å². The molecule has 8 heteroatoms. The lowest BCUT2D eigenvalue weighted by Crippen LogP contribution is -2.21. The summed E-state index contributed by atoms with van der Waals surface area (Å²) in [6.45, 7) is 0.275. The lowest BCUT2D eigenvalue weighted by atomic mass is 9.96. The number of benzene rings is 2. The van der Waals surface area contributed by atoms with Crippen LogP contribution in [-0.4, -0.2) is 53.7 Å². The summed E-state index contributed by atoms with van der Waals surface area (Å²) in [4.78, 5) is 35.6. The topological polar surface area (TPSA) is 104 Å². The van der Waals surface area contributed by atoms with E-state index in [4.69, 9.17) is 14.9 Å². The Morgan fingerprint density at radius 1 is 0.946 bits per heavy atom. The molecule has 0 aliphatic rings. The summed E-state index contributed by atoms with van der Waals surface area (Å²) >= 11 is 3.45. The number of halogens is 1. The lowest BCUT2D eigenvalue weighted by Gasteiger charge is -2.15. The number of ether oxygens (including phenoxy) is 1. The number of aryl methyl sites for hydroxylation is 1. The van der Waals surface area contributed by atoms with Gasteiger partial charge in [-0.15, -0.1) is 0 Å². The van der Waals surface area contributed by atoms with Crippen LogP contribution in [-0.2, 0) is 22.4 Å². The Balaban J connectivity index is 1.91. The van der Waals surface area contributed by atoms with Gasteiger partial charge in [-0.1, -0.05) is 46.3 Å². The molecule has 2 N–H and O–H groups in total. The second-order valence-electron chi connectivity index (χ2n) is 8.92. The first-order chi connectivity index (χ1) is 17.7. The van der Waals surface area contributed by atoms with E-state index in [1.165, 1.54) is 4.90 Å². The molecule has 0 bridgehead atoms. The third-order valence-corrected chi connectivity index (χ3v) is 6.10. The summed E-state index contributed by atoms with van der Waals surface area (Å²) in [5.41, 5.74) is 3.34. The summed E-state index contributed by atoms with van der Waals surface area (Å²) in [5.74, 6) is 5.17. The fourth-order valence-electron chi connectivity index (χ4n) is 3.82. The average Bonchev–Trinajstić information content (AvgIpc) is 2.84. The van der Waals surface area contributed by atoms with Crippen molar-refractivity contribution >= 4 is 33.8 Å². The average molecular weight is 572 g/mol. The van der Waals surface area contributed by atoms with E-state index in [2.05, 4.69) is 27.8 Å². The third kappa shape index (κ3) is 11.1. The number of hydrogen-bond acceptors (Lipinski definition) is 4. The summed E-state index contributed by atoms with van der Waals surface area (Å²) in [6.07, 6.45) is 5.18. The van der Waals surface area contributed by atoms with Gasteiger partial charge in [0.1, 0.15) is 5.75 Å². The first kappa shape index (κ1) is 29.9. The highest BCUT2D eigenvalue weighted by Gasteiger charge is 2.12. The highest BCUT2D eigenvalue weighted by Crippen LogP contribution is 2.26. The van der Waals surface area contributed by atoms with Crippen LogP contribution < -0.4 is 4.74 Å². The van der Waals surface area contributed by atoms with Gasteiger partial charge in [-0.3, -0.25) is 14.4 Å². The predicted octanol–water partition coefficient (Wildman–Crippen LogP) is 5.57. The summed E-state index contributed by atoms with van der Waals surface area (Å²) in [5, 5.41) is 18.0. The van der Waals surface area contributed by atoms with Crippen molar-refractivity contribution in [3.05, 3.63) is 63.1 Å². The van der Waals surface area contributed by atoms with Gasteiger partial charge in [0.05, 0.1) is 6.61 Å². The summed E-state index contributed by atoms with van der Waals surface area (Å²) < 4.78 is 6.62. The first-order valence-electron chi connectivity index (χ1n) is 12.4. The zero-order valence-corrected chi connectivity index (χ0v) is 23.0. The number of carboxylic acids is 2. The molecule has 7 nitrogen and oxygen atoms in total. The van der Waals surface area contributed by atoms with E-state index in [1.54, 1.807) is 26.2 Å². The van der Waals surface area contributed by atoms with Gasteiger partial charge in [-0.25, -0.2) is 0 Å². The SMILES string of the molecule is CN(C)C(=O)c1cc(Br)cc(C#CCCCCCc2cccc(OCCCC(=O)O)c2CCC(=O)O)c1. The van der Waals surface area contributed by atoms with E-state index in [1.807, 2.05) is 24.3 Å². The van der Waals surface area contributed by atoms with Crippen LogP contribution in [0, 0.1) is 11.8 Å². The van der Waals surface area contributed by atoms with Gasteiger partial charge in [0.15, 0.2) is 0 Å². The highest BCUT2D eigenvalue weighted by molar-refractivity contribution is 9.10. The van der Waals surface area contributed by atoms with Crippen LogP contribution in [0.5, 0.6) is 5.75 Å². The molecule has 0 fully saturated rings. The second kappa shape index (κ2) is 15.7. The number of carboxylic acid groups (broad SMARTS) is 2. The largest absolute Gasteiger partial charge is 0.493 e. The van der Waals surface area contributed by atoms with E-state index < -0.39 is 11.9 Å². The van der Waals surface area contributed by atoms with Gasteiger partial charge in [-0.05, 0) is 67.5 Å². The molecule has 1 amide bonds. The molecule has 2 rings (SSSR count). The minimum absolute atomic E-state index is 0.00947. The van der Waals surface area contributed by atoms with E-state index in [-0.39, 0.29) is 25.4 Å². The molecular formula is C29H34BrNO6. The number of nitrogens with zero attached hydrogens (tertiary/aromatic N) is 1. The van der Waals surface area contributed by atoms with Crippen LogP contribution in [0.2, 0.25) is 0 Å². The minimum atomic E-state index is -0.867. The normalized spacial score (nSPS) is 10.4. The molecule has 0 radical (unpaired) electrons. The van der Waals surface area contributed by atoms with Crippen molar-refractivity contribution < 1.29 is 29.3 Å². The Morgan fingerprint density at radius 3 is 2.41 bits per heavy atom. The molecule has 0 aromatic heterocycles. The molecule has 2 aromatic rings. The van der Waals surface area contributed by atoms with Crippen molar-refractivity contribution in [1.82, 2.24) is 4.90 Å². The van der Waals surface area contributed by atoms with Crippen molar-refractivity contribution in [3.8, 4) is 17.6 Å². The minimum Gasteiger partial charge on any atom is -0.493 e. The Bertz CT molecular complexity index is 1150. The first-order valence-corrected chi connectivity index (χ1v) is 13.1. The predicted molar refractivity (Wildman–Crippen MR) is 146 cm³/mol. The molecule has 37 heavy (non-hydrogen) atoms. The Kier molecular flexibility index (Phi) is 12.7. The number of rotatable bonds is 14. The number of hydrogen-bond donors (Lipinski definition) is 2. The summed E-state index contributed by atoms with van der Waals surface area (Å²) in [7, 11) is 3.44. The highest BCUT2D eigenvalue weighted by atomic mass is 79.9. The van der Waals surface area contributed by atoms with Crippen LogP contribution in [0.25, 0.3) is 0 Å². The van der Waals surface area contributed by atoms with Crippen LogP contribution in [0.3, 0.4) is 0 Å². The number of carbonyl (C=O) groups excluding carboxylic acids is 1. The molecule has 2 aromatic carbocycles. The maximum Gasteiger partial charge on any atom is 0.303 e. The van der Waals surface area contributed by atoms with Crippen molar-refractivity contribution in [1.29, 1.82) is 0 Å². The zero-order valence-electron chi connectivity index (χ0n) is 21.4. The van der Waals surface area contributed by atoms with Gasteiger partial charge in [0.2, 0.25) is 0 Å². The Labute approximate surface area is 227 Å². The van der Waals surface area contributed by atoms with Gasteiger partial charge in [0.25, 0.3) is 5.91 Å². The second-order valence-corrected chi connectivity index (χ2v) is 9.84. The maximum absolute atomic E-state index is 12.2. The number of unbranched alkanes of at least 4 members (excludes halogenated alkanes) is 3. The van der Waals surface area contributed by atoms with Gasteiger partial charge in [-0.2, -0.15) is 0 Å². The molecule has 0 aliphatic carbocycles. The smallest absolute Gasteiger partial charge is 0.303 e. The number of aliphatic carboxylic acids is 2. The fraction of sp³-hybridized carbons (Fsp3) is 0.414. The molecule has 0 atom stereocenters. The third-order valence-electron chi connectivity index (χ3n) is 5.64. The summed E-state index contributed by atoms with van der Waals surface area (Å²) in [6, 6.07) is 11.2. The molecule has 198 valence electrons. The molecule has 0 saturated carbocycles. The molecule has 0 heterocycles. The van der Waals surface area contributed by atoms with Gasteiger partial charge >= 0.3 is 11.9 Å². The standard InChI is InChI=1S/C29H34BrNO6/c1-31(2)29(36)23-18-21(19-24(30)20-23)10-6-4-3-5-7-11-22-12-8-13-26(25(22)15-16-28(34)35)37-17-9-14-27(32)33/h8,12-13,18-20H,3-5,7,9,11,14-17H2,1-2H3,(H,32,33)(H,34,35). The van der Waals surface area contributed by atoms with Gasteiger partial charge < -0.3 is 19.8 Å². The van der Waals surface area contributed by atoms with Crippen LogP contribution in [0.15, 0.2) is 40.9 Å². The van der Waals surface area contributed by atoms with Crippen LogP contribution in [0.1, 0.15) is 72.0 Å². The van der Waals surface area contributed by atoms with E-state index in [9.17, 15) is 14.4 Å². The monoisotopic (exact) mass is 571 g/mol. The molecule has 0 unspecified atom stereocenters. The van der Waals surface area contributed by atoms with Crippen molar-refractivity contribution in [2.75, 3.05) is 20.7 Å². The number of carbonyl (C=O) groups is 3.